The summed E-state index contributed by atoms with van der Waals surface area (Å²) in [6.45, 7) is 12.1. The molecule has 2 atom stereocenters. The first kappa shape index (κ1) is 118. The van der Waals surface area contributed by atoms with Crippen molar-refractivity contribution in [2.75, 3.05) is 289 Å². The molecule has 2 unspecified atom stereocenters. The van der Waals surface area contributed by atoms with Gasteiger partial charge in [0.25, 0.3) is 0 Å². The van der Waals surface area contributed by atoms with Gasteiger partial charge in [-0.3, -0.25) is 116 Å². The molecule has 0 radical (unpaired) electrons. The standard InChI is InChI=1S/C20H36N5O4P.C19H32N4O10.C14H23N3O8.C13H29N4O5P.4CO2/c1-22-7-8-23(2)10-12-25(14-13-24(11-9-22)15-20(26)27)17-30(28,29)16-18-3-5-19(21)6-4-18;24-15(25)2-1-14(19(32)33)23-9-7-21(12-17(28)29)5-3-20(11-16(26)27)4-6-22(8-10-23)13-18(30)31;1-14(17(6-12(22)23)7-13(24)25)8-15(4-10(18)19)2-3-16(9-14)5-11(20)21;1-14-3-4-15(2)6-8-17(12-23(20,21)22)10-9-16(7-5-14)11-13(18)19;4*2-1-3/h3-6H,7-17,21H2,1-2H3,(H,26,27)(H,28,29);14H,1-13H2,(H,24,25)(H,26,27)(H,28,29)(H,30,31)(H,32,33);2-9H2,1H3,(H,18,19)(H,20,21)(H,22,23)(H,24,25);3-12H2,1-2H3,(H,18,19)(H2,20,21,22);;;;. The van der Waals surface area contributed by atoms with Gasteiger partial charge in [-0.1, -0.05) is 12.1 Å². The number of rotatable bonds is 30. The number of nitrogens with two attached hydrogens (primary N) is 1. The lowest BCUT2D eigenvalue weighted by atomic mass is 9.98. The van der Waals surface area contributed by atoms with Gasteiger partial charge in [-0.2, -0.15) is 38.4 Å². The van der Waals surface area contributed by atoms with E-state index in [2.05, 4.69) is 26.6 Å². The lowest BCUT2D eigenvalue weighted by Gasteiger charge is -2.42. The minimum atomic E-state index is -4.12. The summed E-state index contributed by atoms with van der Waals surface area (Å²) in [6, 6.07) is 5.91. The van der Waals surface area contributed by atoms with Crippen LogP contribution in [0, 0.1) is 0 Å². The number of carboxylic acid groups (broad SMARTS) is 11. The van der Waals surface area contributed by atoms with E-state index >= 15 is 0 Å². The van der Waals surface area contributed by atoms with E-state index in [1.165, 1.54) is 9.80 Å². The predicted octanol–water partition coefficient (Wildman–Crippen LogP) is -7.30. The molecule has 0 spiro atoms. The zero-order valence-corrected chi connectivity index (χ0v) is 71.4. The number of aliphatic carboxylic acids is 11. The van der Waals surface area contributed by atoms with Crippen LogP contribution in [0.5, 0.6) is 0 Å². The summed E-state index contributed by atoms with van der Waals surface area (Å²) in [5, 5.41) is 101. The van der Waals surface area contributed by atoms with E-state index in [0.717, 1.165) is 51.4 Å². The largest absolute Gasteiger partial charge is 0.481 e. The third-order valence-electron chi connectivity index (χ3n) is 18.6. The molecule has 0 amide bonds. The number of benzene rings is 1. The van der Waals surface area contributed by atoms with Gasteiger partial charge in [0.05, 0.1) is 71.4 Å². The molecule has 0 saturated carbocycles. The number of carboxylic acids is 11. The Labute approximate surface area is 709 Å². The van der Waals surface area contributed by atoms with E-state index in [9.17, 15) is 97.0 Å². The van der Waals surface area contributed by atoms with E-state index in [-0.39, 0.29) is 181 Å². The van der Waals surface area contributed by atoms with E-state index in [1.807, 2.05) is 35.8 Å². The Hall–Kier alpha value is -9.55. The van der Waals surface area contributed by atoms with Crippen LogP contribution in [-0.2, 0) is 106 Å². The normalized spacial score (nSPS) is 18.6. The van der Waals surface area contributed by atoms with Crippen LogP contribution in [0.1, 0.15) is 25.3 Å². The second-order valence-electron chi connectivity index (χ2n) is 29.0. The first-order valence-electron chi connectivity index (χ1n) is 37.8. The molecule has 4 aliphatic heterocycles. The van der Waals surface area contributed by atoms with E-state index in [1.54, 1.807) is 60.6 Å². The molecule has 0 aromatic heterocycles. The van der Waals surface area contributed by atoms with Gasteiger partial charge in [0.15, 0.2) is 0 Å². The number of nitrogen functional groups attached to an aromatic ring is 1. The highest BCUT2D eigenvalue weighted by Crippen LogP contribution is 2.45. The molecular weight excluding hydrogens is 1690 g/mol. The lowest BCUT2D eigenvalue weighted by molar-refractivity contribution is -0.193. The summed E-state index contributed by atoms with van der Waals surface area (Å²) >= 11 is 0. The summed E-state index contributed by atoms with van der Waals surface area (Å²) in [4.78, 5) is 244. The van der Waals surface area contributed by atoms with Gasteiger partial charge < -0.3 is 96.2 Å². The molecule has 0 aliphatic carbocycles. The summed E-state index contributed by atoms with van der Waals surface area (Å²) in [7, 11) is 0.553. The van der Waals surface area contributed by atoms with Crippen LogP contribution >= 0.6 is 15.0 Å². The lowest BCUT2D eigenvalue weighted by Crippen LogP contribution is -2.60. The Balaban J connectivity index is -0.00000150. The van der Waals surface area contributed by atoms with Gasteiger partial charge in [-0.25, -0.2) is 0 Å². The SMILES string of the molecule is CC1(N(CC(=O)O)CC(=O)O)CN(CC(=O)O)CCN(CC(=O)O)C1.CN1CCN(C)CCN(CP(=O)(O)Cc2ccc(N)cc2)CCN(CC(=O)O)CC1.CN1CCN(C)CCN(CP(=O)(O)O)CCN(CC(=O)O)CC1.O=C(O)CCC(C(=O)O)N1CCN(CC(=O)O)CCN(CC(=O)O)CCN(CC(=O)O)CC1.O=C=O.O=C=O.O=C=O.O=C=O. The zero-order valence-electron chi connectivity index (χ0n) is 69.6. The molecular formula is C70H120N16O35P2. The second-order valence-corrected chi connectivity index (χ2v) is 32.9. The molecule has 0 bridgehead atoms. The van der Waals surface area contributed by atoms with Gasteiger partial charge in [0.2, 0.25) is 7.37 Å². The quantitative estimate of drug-likeness (QED) is 0.0251. The van der Waals surface area contributed by atoms with Crippen LogP contribution < -0.4 is 5.73 Å². The van der Waals surface area contributed by atoms with E-state index in [0.29, 0.717) is 64.6 Å². The minimum absolute atomic E-state index is 0.0240. The number of carbonyl (C=O) groups excluding carboxylic acids is 8. The van der Waals surface area contributed by atoms with E-state index in [4.69, 9.17) is 79.8 Å². The van der Waals surface area contributed by atoms with Crippen molar-refractivity contribution < 1.29 is 171 Å². The van der Waals surface area contributed by atoms with Crippen LogP contribution in [-0.4, -0.2) is 529 Å². The van der Waals surface area contributed by atoms with Gasteiger partial charge in [0, 0.05) is 201 Å². The summed E-state index contributed by atoms with van der Waals surface area (Å²) < 4.78 is 24.2. The van der Waals surface area contributed by atoms with Crippen molar-refractivity contribution in [2.24, 2.45) is 0 Å². The number of nitrogens with zero attached hydrogens (tertiary/aromatic N) is 15. The molecule has 1 aromatic carbocycles. The van der Waals surface area contributed by atoms with Crippen molar-refractivity contribution in [2.45, 2.75) is 37.5 Å². The van der Waals surface area contributed by atoms with Crippen molar-refractivity contribution in [3.05, 3.63) is 29.8 Å². The Bertz CT molecular complexity index is 3490. The number of likely N-dealkylation sites (N-methyl/N-ethyl adjacent to an activating group) is 4. The first-order valence-corrected chi connectivity index (χ1v) is 41.6. The van der Waals surface area contributed by atoms with Crippen molar-refractivity contribution in [1.29, 1.82) is 0 Å². The molecule has 5 rings (SSSR count). The Morgan fingerprint density at radius 2 is 0.602 bits per heavy atom. The fourth-order valence-electron chi connectivity index (χ4n) is 12.6. The molecule has 51 nitrogen and oxygen atoms in total. The Morgan fingerprint density at radius 3 is 0.862 bits per heavy atom. The van der Waals surface area contributed by atoms with Crippen LogP contribution in [0.2, 0.25) is 0 Å². The highest BCUT2D eigenvalue weighted by atomic mass is 31.2. The van der Waals surface area contributed by atoms with Crippen LogP contribution in [0.25, 0.3) is 0 Å². The second kappa shape index (κ2) is 66.0. The third kappa shape index (κ3) is 64.8. The van der Waals surface area contributed by atoms with Crippen LogP contribution in [0.4, 0.5) is 5.69 Å². The maximum absolute atomic E-state index is 12.9. The maximum atomic E-state index is 12.9. The molecule has 53 heteroatoms. The zero-order chi connectivity index (χ0) is 94.6. The highest BCUT2D eigenvalue weighted by molar-refractivity contribution is 7.57. The number of anilines is 1. The van der Waals surface area contributed by atoms with Crippen LogP contribution in [0.3, 0.4) is 0 Å². The molecule has 4 aliphatic rings. The Kier molecular flexibility index (Phi) is 63.1. The molecule has 1 aromatic rings. The summed E-state index contributed by atoms with van der Waals surface area (Å²) in [6.07, 6.45) is 0.376. The van der Waals surface area contributed by atoms with Gasteiger partial charge in [0.1, 0.15) is 12.3 Å². The average Bonchev–Trinajstić information content (AvgIpc) is 1.74. The topological polar surface area (TPSA) is 716 Å². The molecule has 4 heterocycles. The third-order valence-corrected chi connectivity index (χ3v) is 21.1. The summed E-state index contributed by atoms with van der Waals surface area (Å²) in [5.74, 6) is -11.9. The predicted molar refractivity (Wildman–Crippen MR) is 423 cm³/mol. The van der Waals surface area contributed by atoms with Gasteiger partial charge in [-0.05, 0) is 59.2 Å². The minimum Gasteiger partial charge on any atom is -0.481 e. The number of carbonyl (C=O) groups is 11. The number of hydrogen-bond acceptors (Lipinski definition) is 37. The van der Waals surface area contributed by atoms with E-state index < -0.39 is 105 Å². The average molecular weight is 1810 g/mol. The molecule has 123 heavy (non-hydrogen) atoms. The monoisotopic (exact) mass is 1810 g/mol. The van der Waals surface area contributed by atoms with Gasteiger partial charge >= 0.3 is 97.9 Å². The van der Waals surface area contributed by atoms with Crippen molar-refractivity contribution >= 4 is 111 Å². The maximum Gasteiger partial charge on any atom is 0.373 e. The highest BCUT2D eigenvalue weighted by Gasteiger charge is 2.41. The van der Waals surface area contributed by atoms with Crippen molar-refractivity contribution in [1.82, 2.24) is 73.5 Å². The molecule has 700 valence electrons. The van der Waals surface area contributed by atoms with Crippen LogP contribution in [0.15, 0.2) is 24.3 Å². The van der Waals surface area contributed by atoms with Crippen molar-refractivity contribution in [3.8, 4) is 0 Å². The summed E-state index contributed by atoms with van der Waals surface area (Å²) in [5.41, 5.74) is 6.07. The van der Waals surface area contributed by atoms with Gasteiger partial charge in [-0.15, -0.1) is 0 Å². The Morgan fingerprint density at radius 1 is 0.366 bits per heavy atom. The molecule has 4 fully saturated rings. The smallest absolute Gasteiger partial charge is 0.373 e. The molecule has 4 saturated heterocycles. The molecule has 16 N–H and O–H groups in total. The first-order chi connectivity index (χ1) is 57.4. The fourth-order valence-corrected chi connectivity index (χ4v) is 15.2. The van der Waals surface area contributed by atoms with Crippen molar-refractivity contribution in [3.63, 3.8) is 0 Å². The number of hydrogen-bond donors (Lipinski definition) is 15. The fraction of sp³-hybridized carbons (Fsp3) is 0.700.